The van der Waals surface area contributed by atoms with Crippen LogP contribution in [0, 0.1) is 6.92 Å². The van der Waals surface area contributed by atoms with Gasteiger partial charge in [-0.05, 0) is 19.1 Å². The molecule has 0 radical (unpaired) electrons. The van der Waals surface area contributed by atoms with Crippen molar-refractivity contribution in [1.82, 2.24) is 9.97 Å². The second-order valence-electron chi connectivity index (χ2n) is 3.48. The van der Waals surface area contributed by atoms with Crippen LogP contribution >= 0.6 is 11.6 Å². The third-order valence-electron chi connectivity index (χ3n) is 2.14. The molecule has 0 fully saturated rings. The zero-order valence-electron chi connectivity index (χ0n) is 9.14. The SMILES string of the molecule is Cc1cnc(C(=O)Nc2ccccc2Cl)cn1. The summed E-state index contributed by atoms with van der Waals surface area (Å²) in [5, 5.41) is 3.16. The number of anilines is 1. The van der Waals surface area contributed by atoms with Crippen LogP contribution in [0.3, 0.4) is 0 Å². The molecule has 0 spiro atoms. The van der Waals surface area contributed by atoms with Gasteiger partial charge in [-0.1, -0.05) is 23.7 Å². The fourth-order valence-corrected chi connectivity index (χ4v) is 1.44. The van der Waals surface area contributed by atoms with Crippen molar-refractivity contribution in [3.8, 4) is 0 Å². The van der Waals surface area contributed by atoms with Crippen LogP contribution in [0.1, 0.15) is 16.2 Å². The van der Waals surface area contributed by atoms with Crippen LogP contribution in [-0.4, -0.2) is 15.9 Å². The number of carbonyl (C=O) groups is 1. The summed E-state index contributed by atoms with van der Waals surface area (Å²) in [5.74, 6) is -0.328. The first-order valence-corrected chi connectivity index (χ1v) is 5.39. The smallest absolute Gasteiger partial charge is 0.275 e. The third kappa shape index (κ3) is 2.79. The van der Waals surface area contributed by atoms with Crippen molar-refractivity contribution in [2.75, 3.05) is 5.32 Å². The lowest BCUT2D eigenvalue weighted by Gasteiger charge is -2.05. The van der Waals surface area contributed by atoms with E-state index in [-0.39, 0.29) is 11.6 Å². The van der Waals surface area contributed by atoms with Gasteiger partial charge in [-0.25, -0.2) is 4.98 Å². The molecule has 1 heterocycles. The maximum atomic E-state index is 11.8. The Morgan fingerprint density at radius 2 is 2.00 bits per heavy atom. The van der Waals surface area contributed by atoms with Gasteiger partial charge in [0.2, 0.25) is 0 Å². The first-order chi connectivity index (χ1) is 8.16. The number of nitrogens with zero attached hydrogens (tertiary/aromatic N) is 2. The van der Waals surface area contributed by atoms with Crippen molar-refractivity contribution < 1.29 is 4.79 Å². The number of rotatable bonds is 2. The van der Waals surface area contributed by atoms with Gasteiger partial charge in [-0.3, -0.25) is 9.78 Å². The minimum atomic E-state index is -0.328. The van der Waals surface area contributed by atoms with Crippen LogP contribution in [0.2, 0.25) is 5.02 Å². The lowest BCUT2D eigenvalue weighted by Crippen LogP contribution is -2.14. The van der Waals surface area contributed by atoms with Crippen molar-refractivity contribution in [1.29, 1.82) is 0 Å². The number of hydrogen-bond acceptors (Lipinski definition) is 3. The van der Waals surface area contributed by atoms with Gasteiger partial charge in [0.15, 0.2) is 0 Å². The molecule has 2 rings (SSSR count). The van der Waals surface area contributed by atoms with Crippen molar-refractivity contribution in [3.63, 3.8) is 0 Å². The number of aromatic nitrogens is 2. The highest BCUT2D eigenvalue weighted by Crippen LogP contribution is 2.20. The van der Waals surface area contributed by atoms with E-state index in [1.54, 1.807) is 30.5 Å². The number of carbonyl (C=O) groups excluding carboxylic acids is 1. The predicted octanol–water partition coefficient (Wildman–Crippen LogP) is 2.69. The van der Waals surface area contributed by atoms with E-state index in [1.807, 2.05) is 6.92 Å². The lowest BCUT2D eigenvalue weighted by molar-refractivity contribution is 0.102. The molecule has 1 amide bonds. The molecule has 1 N–H and O–H groups in total. The molecule has 0 aliphatic heterocycles. The Morgan fingerprint density at radius 3 is 2.65 bits per heavy atom. The molecule has 0 aliphatic carbocycles. The van der Waals surface area contributed by atoms with Gasteiger partial charge in [-0.2, -0.15) is 0 Å². The molecule has 0 aliphatic rings. The quantitative estimate of drug-likeness (QED) is 0.888. The molecule has 0 saturated carbocycles. The molecular formula is C12H10ClN3O. The molecular weight excluding hydrogens is 238 g/mol. The second-order valence-corrected chi connectivity index (χ2v) is 3.88. The summed E-state index contributed by atoms with van der Waals surface area (Å²) >= 11 is 5.93. The van der Waals surface area contributed by atoms with Crippen LogP contribution in [0.5, 0.6) is 0 Å². The largest absolute Gasteiger partial charge is 0.319 e. The number of hydrogen-bond donors (Lipinski definition) is 1. The number of benzene rings is 1. The predicted molar refractivity (Wildman–Crippen MR) is 66.2 cm³/mol. The van der Waals surface area contributed by atoms with E-state index < -0.39 is 0 Å². The lowest BCUT2D eigenvalue weighted by atomic mass is 10.3. The van der Waals surface area contributed by atoms with E-state index in [4.69, 9.17) is 11.6 Å². The Kier molecular flexibility index (Phi) is 3.35. The molecule has 0 atom stereocenters. The van der Waals surface area contributed by atoms with Crippen LogP contribution in [-0.2, 0) is 0 Å². The minimum Gasteiger partial charge on any atom is -0.319 e. The van der Waals surface area contributed by atoms with Gasteiger partial charge in [0, 0.05) is 6.20 Å². The van der Waals surface area contributed by atoms with Crippen molar-refractivity contribution in [3.05, 3.63) is 53.1 Å². The number of nitrogens with one attached hydrogen (secondary N) is 1. The Bertz CT molecular complexity index is 540. The Hall–Kier alpha value is -1.94. The third-order valence-corrected chi connectivity index (χ3v) is 2.47. The molecule has 0 bridgehead atoms. The summed E-state index contributed by atoms with van der Waals surface area (Å²) in [4.78, 5) is 19.8. The fraction of sp³-hybridized carbons (Fsp3) is 0.0833. The monoisotopic (exact) mass is 247 g/mol. The van der Waals surface area contributed by atoms with Crippen LogP contribution < -0.4 is 5.32 Å². The van der Waals surface area contributed by atoms with Gasteiger partial charge in [0.1, 0.15) is 5.69 Å². The molecule has 4 nitrogen and oxygen atoms in total. The number of halogens is 1. The summed E-state index contributed by atoms with van der Waals surface area (Å²) in [6.07, 6.45) is 2.98. The van der Waals surface area contributed by atoms with E-state index in [0.29, 0.717) is 10.7 Å². The molecule has 1 aromatic carbocycles. The van der Waals surface area contributed by atoms with E-state index >= 15 is 0 Å². The van der Waals surface area contributed by atoms with E-state index in [2.05, 4.69) is 15.3 Å². The molecule has 5 heteroatoms. The van der Waals surface area contributed by atoms with Gasteiger partial charge >= 0.3 is 0 Å². The van der Waals surface area contributed by atoms with E-state index in [1.165, 1.54) is 6.20 Å². The van der Waals surface area contributed by atoms with Crippen LogP contribution in [0.25, 0.3) is 0 Å². The van der Waals surface area contributed by atoms with Crippen molar-refractivity contribution >= 4 is 23.2 Å². The normalized spacial score (nSPS) is 10.0. The zero-order valence-corrected chi connectivity index (χ0v) is 9.90. The molecule has 1 aromatic heterocycles. The first-order valence-electron chi connectivity index (χ1n) is 5.01. The molecule has 0 saturated heterocycles. The summed E-state index contributed by atoms with van der Waals surface area (Å²) in [6.45, 7) is 1.81. The number of aryl methyl sites for hydroxylation is 1. The van der Waals surface area contributed by atoms with Gasteiger partial charge in [0.25, 0.3) is 5.91 Å². The zero-order chi connectivity index (χ0) is 12.3. The molecule has 86 valence electrons. The maximum Gasteiger partial charge on any atom is 0.275 e. The van der Waals surface area contributed by atoms with Gasteiger partial charge in [-0.15, -0.1) is 0 Å². The molecule has 2 aromatic rings. The summed E-state index contributed by atoms with van der Waals surface area (Å²) < 4.78 is 0. The topological polar surface area (TPSA) is 54.9 Å². The van der Waals surface area contributed by atoms with E-state index in [9.17, 15) is 4.79 Å². The average Bonchev–Trinajstić information content (AvgIpc) is 2.33. The highest BCUT2D eigenvalue weighted by Gasteiger charge is 2.09. The Balaban J connectivity index is 2.17. The van der Waals surface area contributed by atoms with Crippen molar-refractivity contribution in [2.45, 2.75) is 6.92 Å². The highest BCUT2D eigenvalue weighted by molar-refractivity contribution is 6.33. The second kappa shape index (κ2) is 4.93. The standard InChI is InChI=1S/C12H10ClN3O/c1-8-6-15-11(7-14-8)12(17)16-10-5-3-2-4-9(10)13/h2-7H,1H3,(H,16,17). The average molecular weight is 248 g/mol. The fourth-order valence-electron chi connectivity index (χ4n) is 1.26. The number of para-hydroxylation sites is 1. The van der Waals surface area contributed by atoms with Gasteiger partial charge in [0.05, 0.1) is 22.6 Å². The first kappa shape index (κ1) is 11.5. The van der Waals surface area contributed by atoms with Crippen LogP contribution in [0.4, 0.5) is 5.69 Å². The van der Waals surface area contributed by atoms with E-state index in [0.717, 1.165) is 5.69 Å². The molecule has 17 heavy (non-hydrogen) atoms. The summed E-state index contributed by atoms with van der Waals surface area (Å²) in [7, 11) is 0. The highest BCUT2D eigenvalue weighted by atomic mass is 35.5. The Morgan fingerprint density at radius 1 is 1.24 bits per heavy atom. The minimum absolute atomic E-state index is 0.260. The number of amides is 1. The Labute approximate surface area is 104 Å². The maximum absolute atomic E-state index is 11.8. The van der Waals surface area contributed by atoms with Crippen LogP contribution in [0.15, 0.2) is 36.7 Å². The van der Waals surface area contributed by atoms with Crippen molar-refractivity contribution in [2.24, 2.45) is 0 Å². The summed E-state index contributed by atoms with van der Waals surface area (Å²) in [5.41, 5.74) is 1.58. The van der Waals surface area contributed by atoms with Gasteiger partial charge < -0.3 is 5.32 Å². The molecule has 0 unspecified atom stereocenters. The summed E-state index contributed by atoms with van der Waals surface area (Å²) in [6, 6.07) is 7.02.